The van der Waals surface area contributed by atoms with E-state index in [4.69, 9.17) is 0 Å². The molecule has 0 unspecified atom stereocenters. The second-order valence-electron chi connectivity index (χ2n) is 16.2. The minimum atomic E-state index is -0.0326. The van der Waals surface area contributed by atoms with Crippen LogP contribution < -0.4 is 4.90 Å². The highest BCUT2D eigenvalue weighted by Crippen LogP contribution is 2.56. The lowest BCUT2D eigenvalue weighted by Gasteiger charge is -2.27. The van der Waals surface area contributed by atoms with Crippen LogP contribution in [-0.4, -0.2) is 4.57 Å². The molecule has 0 N–H and O–H groups in total. The summed E-state index contributed by atoms with van der Waals surface area (Å²) in [5, 5.41) is 2.49. The van der Waals surface area contributed by atoms with Crippen molar-refractivity contribution in [1.29, 1.82) is 0 Å². The molecule has 0 saturated carbocycles. The van der Waals surface area contributed by atoms with E-state index in [2.05, 4.69) is 228 Å². The van der Waals surface area contributed by atoms with Crippen molar-refractivity contribution in [2.45, 2.75) is 18.3 Å². The summed E-state index contributed by atoms with van der Waals surface area (Å²) in [5.41, 5.74) is 20.4. The minimum Gasteiger partial charge on any atom is -0.310 e. The van der Waals surface area contributed by atoms with Crippen LogP contribution in [0.25, 0.3) is 60.9 Å². The Hall–Kier alpha value is -7.42. The topological polar surface area (TPSA) is 8.17 Å². The molecule has 9 aromatic carbocycles. The zero-order valence-electron chi connectivity index (χ0n) is 32.6. The largest absolute Gasteiger partial charge is 0.310 e. The van der Waals surface area contributed by atoms with E-state index in [0.717, 1.165) is 35.6 Å². The van der Waals surface area contributed by atoms with Crippen molar-refractivity contribution < 1.29 is 0 Å². The van der Waals surface area contributed by atoms with E-state index in [1.54, 1.807) is 0 Å². The molecule has 0 bridgehead atoms. The van der Waals surface area contributed by atoms with E-state index < -0.39 is 0 Å². The average Bonchev–Trinajstić information content (AvgIpc) is 3.95. The van der Waals surface area contributed by atoms with Crippen LogP contribution in [0.2, 0.25) is 0 Å². The van der Waals surface area contributed by atoms with Gasteiger partial charge in [-0.1, -0.05) is 158 Å². The van der Waals surface area contributed by atoms with Crippen LogP contribution >= 0.6 is 0 Å². The number of hydrogen-bond acceptors (Lipinski definition) is 1. The molecule has 0 atom stereocenters. The molecule has 0 amide bonds. The lowest BCUT2D eigenvalue weighted by Crippen LogP contribution is -2.25. The van der Waals surface area contributed by atoms with Crippen molar-refractivity contribution in [1.82, 2.24) is 4.57 Å². The first-order chi connectivity index (χ1) is 29.2. The van der Waals surface area contributed by atoms with Gasteiger partial charge < -0.3 is 9.47 Å². The summed E-state index contributed by atoms with van der Waals surface area (Å²) in [6, 6.07) is 80.5. The lowest BCUT2D eigenvalue weighted by molar-refractivity contribution is 0.564. The van der Waals surface area contributed by atoms with Crippen LogP contribution in [-0.2, 0) is 18.3 Å². The van der Waals surface area contributed by atoms with Gasteiger partial charge in [-0.05, 0) is 129 Å². The summed E-state index contributed by atoms with van der Waals surface area (Å²) in [4.78, 5) is 2.40. The molecule has 0 fully saturated rings. The molecule has 2 nitrogen and oxygen atoms in total. The molecule has 59 heavy (non-hydrogen) atoms. The third kappa shape index (κ3) is 5.34. The molecular formula is C57H40N2. The summed E-state index contributed by atoms with van der Waals surface area (Å²) < 4.78 is 2.40. The minimum absolute atomic E-state index is 0.0326. The van der Waals surface area contributed by atoms with E-state index in [1.807, 2.05) is 0 Å². The fourth-order valence-electron chi connectivity index (χ4n) is 10.3. The molecule has 278 valence electrons. The van der Waals surface area contributed by atoms with E-state index in [1.165, 1.54) is 77.4 Å². The highest BCUT2D eigenvalue weighted by atomic mass is 15.1. The van der Waals surface area contributed by atoms with Gasteiger partial charge in [0, 0.05) is 38.9 Å². The van der Waals surface area contributed by atoms with Crippen molar-refractivity contribution in [3.8, 4) is 39.1 Å². The van der Waals surface area contributed by atoms with Crippen molar-refractivity contribution in [3.05, 3.63) is 241 Å². The first-order valence-corrected chi connectivity index (χ1v) is 20.7. The van der Waals surface area contributed by atoms with Gasteiger partial charge in [0.05, 0.1) is 11.0 Å². The molecule has 0 aliphatic heterocycles. The van der Waals surface area contributed by atoms with Crippen LogP contribution in [0.15, 0.2) is 218 Å². The first-order valence-electron chi connectivity index (χ1n) is 20.7. The second kappa shape index (κ2) is 13.3. The Bertz CT molecular complexity index is 3170. The average molecular weight is 753 g/mol. The van der Waals surface area contributed by atoms with Gasteiger partial charge in [0.15, 0.2) is 0 Å². The normalized spacial score (nSPS) is 13.4. The Morgan fingerprint density at radius 1 is 0.356 bits per heavy atom. The number of nitrogens with zero attached hydrogens (tertiary/aromatic N) is 2. The van der Waals surface area contributed by atoms with Crippen molar-refractivity contribution in [2.75, 3.05) is 4.90 Å². The third-order valence-electron chi connectivity index (χ3n) is 13.0. The molecule has 2 heteroatoms. The van der Waals surface area contributed by atoms with Crippen molar-refractivity contribution in [3.63, 3.8) is 0 Å². The maximum absolute atomic E-state index is 2.49. The third-order valence-corrected chi connectivity index (χ3v) is 13.0. The Labute approximate surface area is 344 Å². The number of anilines is 3. The molecule has 12 rings (SSSR count). The van der Waals surface area contributed by atoms with Crippen LogP contribution in [0.4, 0.5) is 17.1 Å². The molecule has 0 saturated heterocycles. The van der Waals surface area contributed by atoms with Crippen LogP contribution in [0, 0.1) is 0 Å². The summed E-state index contributed by atoms with van der Waals surface area (Å²) >= 11 is 0. The van der Waals surface area contributed by atoms with E-state index in [9.17, 15) is 0 Å². The summed E-state index contributed by atoms with van der Waals surface area (Å²) in [5.74, 6) is 0. The van der Waals surface area contributed by atoms with Crippen LogP contribution in [0.3, 0.4) is 0 Å². The summed E-state index contributed by atoms with van der Waals surface area (Å²) in [6.07, 6.45) is 2.09. The molecule has 1 spiro atoms. The van der Waals surface area contributed by atoms with E-state index >= 15 is 0 Å². The van der Waals surface area contributed by atoms with Gasteiger partial charge in [-0.25, -0.2) is 0 Å². The highest BCUT2D eigenvalue weighted by molar-refractivity contribution is 6.10. The SMILES string of the molecule is c1ccc(-c2ccc(N(c3ccc(-c4ccc5c(c4)C4(Cc6ccccc6C4)c4ccccc4-5)cc3)c3ccc4c5ccccc5n(-c5ccccc5)c4c3)cc2)cc1. The van der Waals surface area contributed by atoms with E-state index in [-0.39, 0.29) is 5.41 Å². The smallest absolute Gasteiger partial charge is 0.0561 e. The maximum atomic E-state index is 2.49. The Morgan fingerprint density at radius 2 is 0.881 bits per heavy atom. The van der Waals surface area contributed by atoms with Gasteiger partial charge in [-0.15, -0.1) is 0 Å². The van der Waals surface area contributed by atoms with Gasteiger partial charge >= 0.3 is 0 Å². The van der Waals surface area contributed by atoms with Crippen molar-refractivity contribution >= 4 is 38.9 Å². The number of para-hydroxylation sites is 2. The van der Waals surface area contributed by atoms with Gasteiger partial charge in [-0.2, -0.15) is 0 Å². The number of aromatic nitrogens is 1. The number of fused-ring (bicyclic) bond motifs is 9. The van der Waals surface area contributed by atoms with Crippen LogP contribution in [0.1, 0.15) is 22.3 Å². The molecule has 1 aromatic heterocycles. The van der Waals surface area contributed by atoms with Gasteiger partial charge in [0.2, 0.25) is 0 Å². The highest BCUT2D eigenvalue weighted by Gasteiger charge is 2.47. The predicted molar refractivity (Wildman–Crippen MR) is 246 cm³/mol. The summed E-state index contributed by atoms with van der Waals surface area (Å²) in [7, 11) is 0. The fourth-order valence-corrected chi connectivity index (χ4v) is 10.3. The van der Waals surface area contributed by atoms with Crippen LogP contribution in [0.5, 0.6) is 0 Å². The summed E-state index contributed by atoms with van der Waals surface area (Å²) in [6.45, 7) is 0. The number of rotatable bonds is 6. The van der Waals surface area contributed by atoms with Gasteiger partial charge in [-0.3, -0.25) is 0 Å². The first kappa shape index (κ1) is 33.7. The van der Waals surface area contributed by atoms with Gasteiger partial charge in [0.1, 0.15) is 0 Å². The Morgan fingerprint density at radius 3 is 1.61 bits per heavy atom. The Balaban J connectivity index is 0.977. The number of hydrogen-bond donors (Lipinski definition) is 0. The van der Waals surface area contributed by atoms with E-state index in [0.29, 0.717) is 0 Å². The predicted octanol–water partition coefficient (Wildman–Crippen LogP) is 14.7. The maximum Gasteiger partial charge on any atom is 0.0561 e. The molecule has 1 heterocycles. The molecule has 2 aliphatic rings. The number of benzene rings is 9. The van der Waals surface area contributed by atoms with Gasteiger partial charge in [0.25, 0.3) is 0 Å². The monoisotopic (exact) mass is 752 g/mol. The standard InChI is InChI=1S/C57H40N2/c1-3-13-39(14-4-1)40-23-28-46(29-24-40)58(48-32-34-52-51-20-10-12-22-55(51)59(56(52)36-48)45-17-5-2-6-18-45)47-30-25-41(26-31-47)42-27-33-50-49-19-9-11-21-53(49)57(54(50)35-42)37-43-15-7-8-16-44(43)38-57/h1-36H,37-38H2. The molecule has 2 aliphatic carbocycles. The molecular weight excluding hydrogens is 713 g/mol. The van der Waals surface area contributed by atoms with Crippen molar-refractivity contribution in [2.24, 2.45) is 0 Å². The zero-order valence-corrected chi connectivity index (χ0v) is 32.6. The lowest BCUT2D eigenvalue weighted by atomic mass is 9.75. The fraction of sp³-hybridized carbons (Fsp3) is 0.0526. The molecule has 10 aromatic rings. The Kier molecular flexibility index (Phi) is 7.61. The zero-order chi connectivity index (χ0) is 38.9. The second-order valence-corrected chi connectivity index (χ2v) is 16.2. The quantitative estimate of drug-likeness (QED) is 0.164. The molecule has 0 radical (unpaired) electrons.